The van der Waals surface area contributed by atoms with E-state index in [2.05, 4.69) is 30.1 Å². The number of aromatic nitrogens is 1. The highest BCUT2D eigenvalue weighted by atomic mass is 32.2. The first-order valence-electron chi connectivity index (χ1n) is 5.58. The average molecular weight is 269 g/mol. The molecule has 0 spiro atoms. The molecule has 0 saturated heterocycles. The summed E-state index contributed by atoms with van der Waals surface area (Å²) in [6, 6.07) is 6.26. The van der Waals surface area contributed by atoms with Gasteiger partial charge in [-0.25, -0.2) is 4.98 Å². The van der Waals surface area contributed by atoms with Crippen molar-refractivity contribution in [2.75, 3.05) is 24.0 Å². The smallest absolute Gasteiger partial charge is 0.129 e. The number of hydrogen-bond donors (Lipinski definition) is 1. The summed E-state index contributed by atoms with van der Waals surface area (Å²) in [5, 5.41) is 0. The van der Waals surface area contributed by atoms with Gasteiger partial charge in [-0.1, -0.05) is 25.2 Å². The maximum Gasteiger partial charge on any atom is 0.129 e. The molecule has 2 N–H and O–H groups in total. The molecule has 0 fully saturated rings. The molecule has 1 atom stereocenters. The molecule has 1 aromatic heterocycles. The minimum Gasteiger partial charge on any atom is -0.388 e. The quantitative estimate of drug-likeness (QED) is 0.803. The van der Waals surface area contributed by atoms with Gasteiger partial charge in [0.15, 0.2) is 0 Å². The van der Waals surface area contributed by atoms with E-state index in [-0.39, 0.29) is 0 Å². The summed E-state index contributed by atoms with van der Waals surface area (Å²) in [6.45, 7) is 2.19. The van der Waals surface area contributed by atoms with Crippen LogP contribution in [0.4, 0.5) is 5.82 Å². The lowest BCUT2D eigenvalue weighted by atomic mass is 10.2. The minimum atomic E-state index is 0.346. The molecule has 0 amide bonds. The Balaban J connectivity index is 2.90. The van der Waals surface area contributed by atoms with Gasteiger partial charge in [-0.05, 0) is 24.8 Å². The molecule has 5 heteroatoms. The monoisotopic (exact) mass is 269 g/mol. The van der Waals surface area contributed by atoms with Crippen molar-refractivity contribution in [1.82, 2.24) is 4.98 Å². The van der Waals surface area contributed by atoms with E-state index >= 15 is 0 Å². The molecule has 0 radical (unpaired) electrons. The number of thiocarbonyl (C=S) groups is 1. The van der Waals surface area contributed by atoms with Gasteiger partial charge in [-0.3, -0.25) is 0 Å². The van der Waals surface area contributed by atoms with Crippen LogP contribution in [0.2, 0.25) is 0 Å². The fourth-order valence-electron chi connectivity index (χ4n) is 1.64. The molecule has 1 heterocycles. The number of rotatable bonds is 6. The summed E-state index contributed by atoms with van der Waals surface area (Å²) in [6.07, 6.45) is 3.21. The van der Waals surface area contributed by atoms with Crippen LogP contribution < -0.4 is 10.6 Å². The fraction of sp³-hybridized carbons (Fsp3) is 0.500. The van der Waals surface area contributed by atoms with E-state index in [1.165, 1.54) is 0 Å². The van der Waals surface area contributed by atoms with Crippen LogP contribution in [0.1, 0.15) is 19.0 Å². The third-order valence-electron chi connectivity index (χ3n) is 2.73. The van der Waals surface area contributed by atoms with E-state index in [9.17, 15) is 0 Å². The largest absolute Gasteiger partial charge is 0.388 e. The van der Waals surface area contributed by atoms with Gasteiger partial charge in [-0.2, -0.15) is 11.8 Å². The molecular formula is C12H19N3S2. The summed E-state index contributed by atoms with van der Waals surface area (Å²) in [4.78, 5) is 7.01. The second-order valence-electron chi connectivity index (χ2n) is 3.87. The molecule has 0 saturated carbocycles. The van der Waals surface area contributed by atoms with Crippen LogP contribution in [0.5, 0.6) is 0 Å². The zero-order chi connectivity index (χ0) is 12.8. The SMILES string of the molecule is CCC(CSC)N(C)c1cccc(C(N)=S)n1. The van der Waals surface area contributed by atoms with Crippen LogP contribution in [0.25, 0.3) is 0 Å². The highest BCUT2D eigenvalue weighted by molar-refractivity contribution is 7.98. The molecule has 1 rings (SSSR count). The zero-order valence-corrected chi connectivity index (χ0v) is 12.1. The van der Waals surface area contributed by atoms with E-state index in [0.29, 0.717) is 16.7 Å². The molecule has 0 bridgehead atoms. The first-order valence-corrected chi connectivity index (χ1v) is 7.39. The van der Waals surface area contributed by atoms with Crippen molar-refractivity contribution in [2.24, 2.45) is 5.73 Å². The van der Waals surface area contributed by atoms with Crippen molar-refractivity contribution < 1.29 is 0 Å². The number of hydrogen-bond acceptors (Lipinski definition) is 4. The van der Waals surface area contributed by atoms with E-state index in [0.717, 1.165) is 18.0 Å². The van der Waals surface area contributed by atoms with Gasteiger partial charge in [0.2, 0.25) is 0 Å². The molecule has 3 nitrogen and oxygen atoms in total. The Labute approximate surface area is 113 Å². The van der Waals surface area contributed by atoms with Crippen molar-refractivity contribution in [3.63, 3.8) is 0 Å². The third kappa shape index (κ3) is 3.85. The van der Waals surface area contributed by atoms with Gasteiger partial charge in [0.25, 0.3) is 0 Å². The lowest BCUT2D eigenvalue weighted by Gasteiger charge is -2.28. The molecule has 0 aliphatic carbocycles. The lowest BCUT2D eigenvalue weighted by Crippen LogP contribution is -2.34. The van der Waals surface area contributed by atoms with E-state index < -0.39 is 0 Å². The Morgan fingerprint density at radius 3 is 2.82 bits per heavy atom. The summed E-state index contributed by atoms with van der Waals surface area (Å²) in [7, 11) is 2.07. The average Bonchev–Trinajstić information content (AvgIpc) is 2.35. The molecule has 0 aromatic carbocycles. The van der Waals surface area contributed by atoms with Crippen molar-refractivity contribution in [1.29, 1.82) is 0 Å². The Hall–Kier alpha value is -0.810. The van der Waals surface area contributed by atoms with Gasteiger partial charge >= 0.3 is 0 Å². The predicted octanol–water partition coefficient (Wildman–Crippen LogP) is 2.29. The molecule has 0 aliphatic rings. The molecule has 94 valence electrons. The number of nitrogens with zero attached hydrogens (tertiary/aromatic N) is 2. The van der Waals surface area contributed by atoms with Gasteiger partial charge in [0, 0.05) is 18.8 Å². The Bertz CT molecular complexity index is 382. The minimum absolute atomic E-state index is 0.346. The number of nitrogens with two attached hydrogens (primary N) is 1. The van der Waals surface area contributed by atoms with Crippen LogP contribution in [0.15, 0.2) is 18.2 Å². The second-order valence-corrected chi connectivity index (χ2v) is 5.22. The lowest BCUT2D eigenvalue weighted by molar-refractivity contribution is 0.666. The van der Waals surface area contributed by atoms with Crippen molar-refractivity contribution in [3.8, 4) is 0 Å². The predicted molar refractivity (Wildman–Crippen MR) is 81.0 cm³/mol. The Morgan fingerprint density at radius 2 is 2.29 bits per heavy atom. The molecule has 17 heavy (non-hydrogen) atoms. The normalized spacial score (nSPS) is 12.2. The Kier molecular flexibility index (Phi) is 5.71. The zero-order valence-electron chi connectivity index (χ0n) is 10.5. The topological polar surface area (TPSA) is 42.1 Å². The van der Waals surface area contributed by atoms with Crippen LogP contribution in [-0.2, 0) is 0 Å². The van der Waals surface area contributed by atoms with E-state index in [1.807, 2.05) is 30.0 Å². The number of pyridine rings is 1. The van der Waals surface area contributed by atoms with Gasteiger partial charge in [0.05, 0.1) is 5.69 Å². The van der Waals surface area contributed by atoms with Gasteiger partial charge in [0.1, 0.15) is 10.8 Å². The molecular weight excluding hydrogens is 250 g/mol. The highest BCUT2D eigenvalue weighted by Crippen LogP contribution is 2.17. The van der Waals surface area contributed by atoms with E-state index in [4.69, 9.17) is 18.0 Å². The summed E-state index contributed by atoms with van der Waals surface area (Å²) < 4.78 is 0. The van der Waals surface area contributed by atoms with Gasteiger partial charge < -0.3 is 10.6 Å². The first kappa shape index (κ1) is 14.3. The maximum absolute atomic E-state index is 5.60. The maximum atomic E-state index is 5.60. The molecule has 1 aromatic rings. The number of anilines is 1. The third-order valence-corrected chi connectivity index (χ3v) is 3.65. The van der Waals surface area contributed by atoms with Crippen molar-refractivity contribution >= 4 is 34.8 Å². The van der Waals surface area contributed by atoms with Crippen LogP contribution in [0.3, 0.4) is 0 Å². The number of thioether (sulfide) groups is 1. The second kappa shape index (κ2) is 6.81. The first-order chi connectivity index (χ1) is 8.10. The molecule has 0 aliphatic heterocycles. The van der Waals surface area contributed by atoms with Crippen molar-refractivity contribution in [2.45, 2.75) is 19.4 Å². The molecule has 1 unspecified atom stereocenters. The van der Waals surface area contributed by atoms with Crippen LogP contribution in [-0.4, -0.2) is 35.1 Å². The fourth-order valence-corrected chi connectivity index (χ4v) is 2.60. The summed E-state index contributed by atoms with van der Waals surface area (Å²) >= 11 is 6.79. The summed E-state index contributed by atoms with van der Waals surface area (Å²) in [5.41, 5.74) is 6.28. The highest BCUT2D eigenvalue weighted by Gasteiger charge is 2.14. The van der Waals surface area contributed by atoms with Crippen molar-refractivity contribution in [3.05, 3.63) is 23.9 Å². The van der Waals surface area contributed by atoms with Crippen LogP contribution in [0, 0.1) is 0 Å². The van der Waals surface area contributed by atoms with Gasteiger partial charge in [-0.15, -0.1) is 0 Å². The van der Waals surface area contributed by atoms with Crippen LogP contribution >= 0.6 is 24.0 Å². The summed E-state index contributed by atoms with van der Waals surface area (Å²) in [5.74, 6) is 2.02. The van der Waals surface area contributed by atoms with E-state index in [1.54, 1.807) is 0 Å². The standard InChI is InChI=1S/C12H19N3S2/c1-4-9(8-17-3)15(2)11-7-5-6-10(14-11)12(13)16/h5-7,9H,4,8H2,1-3H3,(H2,13,16). The Morgan fingerprint density at radius 1 is 1.59 bits per heavy atom.